The van der Waals surface area contributed by atoms with E-state index in [9.17, 15) is 14.0 Å². The molecule has 3 rings (SSSR count). The van der Waals surface area contributed by atoms with Gasteiger partial charge in [-0.25, -0.2) is 14.0 Å². The Hall–Kier alpha value is -3.26. The summed E-state index contributed by atoms with van der Waals surface area (Å²) >= 11 is 6.11. The van der Waals surface area contributed by atoms with Crippen LogP contribution in [-0.2, 0) is 16.1 Å². The number of urea groups is 1. The Morgan fingerprint density at radius 3 is 2.65 bits per heavy atom. The number of methoxy groups -OCH3 is 1. The van der Waals surface area contributed by atoms with Crippen molar-refractivity contribution in [3.63, 3.8) is 0 Å². The monoisotopic (exact) mass is 448 g/mol. The van der Waals surface area contributed by atoms with Crippen molar-refractivity contribution >= 4 is 23.6 Å². The van der Waals surface area contributed by atoms with Gasteiger partial charge in [0, 0.05) is 16.8 Å². The number of amides is 2. The molecule has 0 saturated heterocycles. The van der Waals surface area contributed by atoms with Gasteiger partial charge in [0.2, 0.25) is 0 Å². The number of benzene rings is 2. The number of rotatable bonds is 7. The number of nitrogens with one attached hydrogen (secondary N) is 2. The van der Waals surface area contributed by atoms with Gasteiger partial charge in [0.15, 0.2) is 11.5 Å². The van der Waals surface area contributed by atoms with Crippen molar-refractivity contribution in [2.45, 2.75) is 26.5 Å². The summed E-state index contributed by atoms with van der Waals surface area (Å²) in [6.45, 7) is 3.28. The van der Waals surface area contributed by atoms with Crippen LogP contribution in [0.25, 0.3) is 0 Å². The van der Waals surface area contributed by atoms with Crippen LogP contribution in [0.15, 0.2) is 47.7 Å². The maximum absolute atomic E-state index is 14.2. The zero-order chi connectivity index (χ0) is 22.5. The van der Waals surface area contributed by atoms with Gasteiger partial charge in [0.1, 0.15) is 12.4 Å². The lowest BCUT2D eigenvalue weighted by Crippen LogP contribution is -2.45. The number of para-hydroxylation sites is 1. The van der Waals surface area contributed by atoms with Gasteiger partial charge in [0.05, 0.1) is 30.4 Å². The lowest BCUT2D eigenvalue weighted by Gasteiger charge is -2.29. The van der Waals surface area contributed by atoms with E-state index in [-0.39, 0.29) is 35.1 Å². The Labute approximate surface area is 184 Å². The van der Waals surface area contributed by atoms with Gasteiger partial charge >= 0.3 is 12.0 Å². The minimum absolute atomic E-state index is 0.170. The quantitative estimate of drug-likeness (QED) is 0.618. The second kappa shape index (κ2) is 9.70. The number of ether oxygens (including phenoxy) is 3. The van der Waals surface area contributed by atoms with Crippen LogP contribution < -0.4 is 20.1 Å². The normalized spacial score (nSPS) is 15.8. The summed E-state index contributed by atoms with van der Waals surface area (Å²) in [6, 6.07) is 8.03. The van der Waals surface area contributed by atoms with Gasteiger partial charge in [0.25, 0.3) is 0 Å². The fraction of sp³-hybridized carbons (Fsp3) is 0.273. The molecule has 1 unspecified atom stereocenters. The second-order valence-corrected chi connectivity index (χ2v) is 7.07. The molecule has 2 aromatic carbocycles. The highest BCUT2D eigenvalue weighted by atomic mass is 35.5. The van der Waals surface area contributed by atoms with E-state index in [2.05, 4.69) is 10.6 Å². The molecular formula is C22H22ClFN2O5. The molecular weight excluding hydrogens is 427 g/mol. The molecule has 0 saturated carbocycles. The number of halogens is 2. The molecule has 7 nitrogen and oxygen atoms in total. The molecule has 0 radical (unpaired) electrons. The number of carbonyl (C=O) groups is 2. The van der Waals surface area contributed by atoms with Crippen molar-refractivity contribution in [3.8, 4) is 11.5 Å². The second-order valence-electron chi connectivity index (χ2n) is 6.66. The van der Waals surface area contributed by atoms with E-state index in [4.69, 9.17) is 25.8 Å². The van der Waals surface area contributed by atoms with Crippen molar-refractivity contribution in [1.82, 2.24) is 10.6 Å². The highest BCUT2D eigenvalue weighted by Crippen LogP contribution is 2.40. The van der Waals surface area contributed by atoms with Crippen LogP contribution in [0.3, 0.4) is 0 Å². The number of hydrogen-bond acceptors (Lipinski definition) is 5. The van der Waals surface area contributed by atoms with Gasteiger partial charge in [-0.3, -0.25) is 0 Å². The molecule has 0 aromatic heterocycles. The summed E-state index contributed by atoms with van der Waals surface area (Å²) < 4.78 is 30.7. The number of carbonyl (C=O) groups excluding carboxylic acids is 2. The van der Waals surface area contributed by atoms with Crippen LogP contribution in [0.1, 0.15) is 31.0 Å². The van der Waals surface area contributed by atoms with Crippen molar-refractivity contribution in [2.24, 2.45) is 0 Å². The maximum Gasteiger partial charge on any atom is 0.338 e. The van der Waals surface area contributed by atoms with Crippen LogP contribution in [0, 0.1) is 5.82 Å². The predicted octanol–water partition coefficient (Wildman–Crippen LogP) is 4.26. The largest absolute Gasteiger partial charge is 0.493 e. The minimum Gasteiger partial charge on any atom is -0.493 e. The molecule has 1 heterocycles. The number of esters is 1. The van der Waals surface area contributed by atoms with Crippen LogP contribution in [0.4, 0.5) is 9.18 Å². The minimum atomic E-state index is -0.867. The fourth-order valence-electron chi connectivity index (χ4n) is 3.30. The van der Waals surface area contributed by atoms with Crippen molar-refractivity contribution < 1.29 is 28.2 Å². The van der Waals surface area contributed by atoms with Crippen molar-refractivity contribution in [3.05, 3.63) is 69.6 Å². The van der Waals surface area contributed by atoms with Gasteiger partial charge in [-0.2, -0.15) is 0 Å². The molecule has 0 spiro atoms. The first-order chi connectivity index (χ1) is 14.9. The Morgan fingerprint density at radius 1 is 1.23 bits per heavy atom. The van der Waals surface area contributed by atoms with E-state index in [0.717, 1.165) is 0 Å². The SMILES string of the molecule is CCOC(=O)C1=C(C)NC(=O)NC1c1cccc(OC)c1OCc1c(F)cccc1Cl. The smallest absolute Gasteiger partial charge is 0.338 e. The first kappa shape index (κ1) is 22.4. The van der Waals surface area contributed by atoms with E-state index in [0.29, 0.717) is 17.0 Å². The number of allylic oxidation sites excluding steroid dienone is 1. The molecule has 2 aromatic rings. The Kier molecular flexibility index (Phi) is 7.02. The van der Waals surface area contributed by atoms with Gasteiger partial charge in [-0.05, 0) is 32.0 Å². The third-order valence-electron chi connectivity index (χ3n) is 4.73. The fourth-order valence-corrected chi connectivity index (χ4v) is 3.51. The van der Waals surface area contributed by atoms with Gasteiger partial charge in [-0.15, -0.1) is 0 Å². The summed E-state index contributed by atoms with van der Waals surface area (Å²) in [5, 5.41) is 5.52. The summed E-state index contributed by atoms with van der Waals surface area (Å²) in [5.41, 5.74) is 1.21. The van der Waals surface area contributed by atoms with Crippen LogP contribution in [0.5, 0.6) is 11.5 Å². The lowest BCUT2D eigenvalue weighted by atomic mass is 9.94. The molecule has 164 valence electrons. The Morgan fingerprint density at radius 2 is 1.97 bits per heavy atom. The first-order valence-corrected chi connectivity index (χ1v) is 9.93. The Bertz CT molecular complexity index is 1020. The van der Waals surface area contributed by atoms with Crippen LogP contribution >= 0.6 is 11.6 Å². The molecule has 0 aliphatic carbocycles. The molecule has 0 fully saturated rings. The van der Waals surface area contributed by atoms with Crippen molar-refractivity contribution in [1.29, 1.82) is 0 Å². The molecule has 0 bridgehead atoms. The van der Waals surface area contributed by atoms with Gasteiger partial charge < -0.3 is 24.8 Å². The van der Waals surface area contributed by atoms with E-state index in [1.165, 1.54) is 19.2 Å². The highest BCUT2D eigenvalue weighted by molar-refractivity contribution is 6.31. The summed E-state index contributed by atoms with van der Waals surface area (Å²) in [4.78, 5) is 24.8. The molecule has 31 heavy (non-hydrogen) atoms. The molecule has 2 amide bonds. The van der Waals surface area contributed by atoms with Crippen LogP contribution in [-0.4, -0.2) is 25.7 Å². The molecule has 1 aliphatic heterocycles. The van der Waals surface area contributed by atoms with E-state index in [1.807, 2.05) is 0 Å². The summed E-state index contributed by atoms with van der Waals surface area (Å²) in [6.07, 6.45) is 0. The molecule has 2 N–H and O–H groups in total. The zero-order valence-corrected chi connectivity index (χ0v) is 18.0. The standard InChI is InChI=1S/C22H22ClFN2O5/c1-4-30-21(27)18-12(2)25-22(28)26-19(18)13-7-5-10-17(29-3)20(13)31-11-14-15(23)8-6-9-16(14)24/h5-10,19H,4,11H2,1-3H3,(H2,25,26,28). The van der Waals surface area contributed by atoms with Gasteiger partial charge in [-0.1, -0.05) is 29.8 Å². The highest BCUT2D eigenvalue weighted by Gasteiger charge is 2.34. The van der Waals surface area contributed by atoms with E-state index < -0.39 is 23.9 Å². The summed E-state index contributed by atoms with van der Waals surface area (Å²) in [5.74, 6) is -0.504. The summed E-state index contributed by atoms with van der Waals surface area (Å²) in [7, 11) is 1.45. The third-order valence-corrected chi connectivity index (χ3v) is 5.08. The first-order valence-electron chi connectivity index (χ1n) is 9.55. The lowest BCUT2D eigenvalue weighted by molar-refractivity contribution is -0.139. The average molecular weight is 449 g/mol. The number of hydrogen-bond donors (Lipinski definition) is 2. The topological polar surface area (TPSA) is 85.9 Å². The van der Waals surface area contributed by atoms with E-state index in [1.54, 1.807) is 38.1 Å². The van der Waals surface area contributed by atoms with Crippen LogP contribution in [0.2, 0.25) is 5.02 Å². The molecule has 1 aliphatic rings. The average Bonchev–Trinajstić information content (AvgIpc) is 2.72. The predicted molar refractivity (Wildman–Crippen MR) is 112 cm³/mol. The van der Waals surface area contributed by atoms with E-state index >= 15 is 0 Å². The third kappa shape index (κ3) is 4.74. The molecule has 1 atom stereocenters. The maximum atomic E-state index is 14.2. The van der Waals surface area contributed by atoms with Crippen molar-refractivity contribution in [2.75, 3.05) is 13.7 Å². The molecule has 9 heteroatoms. The zero-order valence-electron chi connectivity index (χ0n) is 17.3. The Balaban J connectivity index is 2.05.